The molecule has 1 aromatic rings. The van der Waals surface area contributed by atoms with E-state index in [1.807, 2.05) is 6.07 Å². The van der Waals surface area contributed by atoms with Crippen molar-refractivity contribution in [1.82, 2.24) is 0 Å². The van der Waals surface area contributed by atoms with Crippen LogP contribution >= 0.6 is 11.6 Å². The number of rotatable bonds is 2. The van der Waals surface area contributed by atoms with Crippen LogP contribution < -0.4 is 4.74 Å². The van der Waals surface area contributed by atoms with Gasteiger partial charge in [0.1, 0.15) is 11.8 Å². The average molecular weight is 210 g/mol. The summed E-state index contributed by atoms with van der Waals surface area (Å²) >= 11 is 5.34. The van der Waals surface area contributed by atoms with Gasteiger partial charge in [0.2, 0.25) is 0 Å². The fraction of sp³-hybridized carbons (Fsp3) is 0.200. The van der Waals surface area contributed by atoms with Crippen LogP contribution in [0.1, 0.15) is 21.5 Å². The van der Waals surface area contributed by atoms with Gasteiger partial charge in [0, 0.05) is 5.56 Å². The predicted octanol–water partition coefficient (Wildman–Crippen LogP) is 2.25. The second-order valence-corrected chi connectivity index (χ2v) is 3.04. The van der Waals surface area contributed by atoms with Crippen molar-refractivity contribution in [3.63, 3.8) is 0 Å². The molecule has 1 aromatic carbocycles. The molecule has 0 bridgehead atoms. The Bertz CT molecular complexity index is 421. The molecule has 0 fully saturated rings. The highest BCUT2D eigenvalue weighted by Gasteiger charge is 2.13. The first kappa shape index (κ1) is 10.6. The van der Waals surface area contributed by atoms with Gasteiger partial charge in [-0.25, -0.2) is 0 Å². The lowest BCUT2D eigenvalue weighted by Gasteiger charge is -2.07. The topological polar surface area (TPSA) is 50.1 Å². The number of methoxy groups -OCH3 is 1. The van der Waals surface area contributed by atoms with E-state index in [1.165, 1.54) is 7.11 Å². The molecule has 72 valence electrons. The van der Waals surface area contributed by atoms with Crippen molar-refractivity contribution in [2.24, 2.45) is 0 Å². The summed E-state index contributed by atoms with van der Waals surface area (Å²) in [5.74, 6) is 0.451. The third-order valence-electron chi connectivity index (χ3n) is 1.97. The van der Waals surface area contributed by atoms with E-state index in [1.54, 1.807) is 19.1 Å². The highest BCUT2D eigenvalue weighted by Crippen LogP contribution is 2.24. The molecule has 0 amide bonds. The van der Waals surface area contributed by atoms with E-state index in [0.29, 0.717) is 22.4 Å². The number of nitrogens with zero attached hydrogens (tertiary/aromatic N) is 1. The van der Waals surface area contributed by atoms with E-state index in [-0.39, 0.29) is 0 Å². The first-order chi connectivity index (χ1) is 6.61. The SMILES string of the molecule is COc1ccc(C(=O)Cl)c(C)c1C#N. The lowest BCUT2D eigenvalue weighted by atomic mass is 10.0. The highest BCUT2D eigenvalue weighted by molar-refractivity contribution is 6.67. The van der Waals surface area contributed by atoms with Crippen LogP contribution in [-0.2, 0) is 0 Å². The van der Waals surface area contributed by atoms with Gasteiger partial charge >= 0.3 is 0 Å². The number of hydrogen-bond donors (Lipinski definition) is 0. The molecule has 3 nitrogen and oxygen atoms in total. The number of carbonyl (C=O) groups is 1. The lowest BCUT2D eigenvalue weighted by molar-refractivity contribution is 0.108. The third-order valence-corrected chi connectivity index (χ3v) is 2.17. The summed E-state index contributed by atoms with van der Waals surface area (Å²) in [7, 11) is 1.47. The van der Waals surface area contributed by atoms with E-state index >= 15 is 0 Å². The summed E-state index contributed by atoms with van der Waals surface area (Å²) in [5, 5.41) is 8.28. The van der Waals surface area contributed by atoms with Gasteiger partial charge in [0.05, 0.1) is 12.7 Å². The number of hydrogen-bond acceptors (Lipinski definition) is 3. The molecule has 0 atom stereocenters. The fourth-order valence-electron chi connectivity index (χ4n) is 1.21. The summed E-state index contributed by atoms with van der Waals surface area (Å²) < 4.78 is 4.97. The largest absolute Gasteiger partial charge is 0.495 e. The van der Waals surface area contributed by atoms with Gasteiger partial charge < -0.3 is 4.74 Å². The van der Waals surface area contributed by atoms with Crippen molar-refractivity contribution in [2.45, 2.75) is 6.92 Å². The van der Waals surface area contributed by atoms with Crippen molar-refractivity contribution in [3.05, 3.63) is 28.8 Å². The van der Waals surface area contributed by atoms with Gasteiger partial charge in [-0.05, 0) is 36.2 Å². The Labute approximate surface area is 86.9 Å². The monoisotopic (exact) mass is 209 g/mol. The van der Waals surface area contributed by atoms with E-state index in [9.17, 15) is 4.79 Å². The number of nitriles is 1. The van der Waals surface area contributed by atoms with Crippen LogP contribution in [0, 0.1) is 18.3 Å². The summed E-state index contributed by atoms with van der Waals surface area (Å²) in [6.45, 7) is 1.66. The minimum atomic E-state index is -0.568. The van der Waals surface area contributed by atoms with Gasteiger partial charge in [-0.1, -0.05) is 0 Å². The second kappa shape index (κ2) is 4.12. The van der Waals surface area contributed by atoms with Crippen molar-refractivity contribution in [2.75, 3.05) is 7.11 Å². The van der Waals surface area contributed by atoms with Crippen molar-refractivity contribution in [1.29, 1.82) is 5.26 Å². The lowest BCUT2D eigenvalue weighted by Crippen LogP contribution is -1.98. The molecule has 0 unspecified atom stereocenters. The molecule has 0 aliphatic carbocycles. The maximum Gasteiger partial charge on any atom is 0.252 e. The van der Waals surface area contributed by atoms with Crippen molar-refractivity contribution < 1.29 is 9.53 Å². The zero-order valence-electron chi connectivity index (χ0n) is 7.80. The highest BCUT2D eigenvalue weighted by atomic mass is 35.5. The predicted molar refractivity (Wildman–Crippen MR) is 52.6 cm³/mol. The van der Waals surface area contributed by atoms with E-state index in [4.69, 9.17) is 21.6 Å². The van der Waals surface area contributed by atoms with Crippen LogP contribution in [-0.4, -0.2) is 12.4 Å². The maximum absolute atomic E-state index is 10.9. The van der Waals surface area contributed by atoms with Crippen molar-refractivity contribution >= 4 is 16.8 Å². The van der Waals surface area contributed by atoms with Crippen molar-refractivity contribution in [3.8, 4) is 11.8 Å². The minimum absolute atomic E-state index is 0.337. The molecule has 0 saturated carbocycles. The molecule has 4 heteroatoms. The van der Waals surface area contributed by atoms with Crippen LogP contribution in [0.4, 0.5) is 0 Å². The quantitative estimate of drug-likeness (QED) is 0.702. The number of ether oxygens (including phenoxy) is 1. The number of benzene rings is 1. The van der Waals surface area contributed by atoms with E-state index in [0.717, 1.165) is 0 Å². The van der Waals surface area contributed by atoms with Crippen LogP contribution in [0.25, 0.3) is 0 Å². The molecule has 0 saturated heterocycles. The van der Waals surface area contributed by atoms with Gasteiger partial charge in [0.15, 0.2) is 0 Å². The number of carbonyl (C=O) groups excluding carboxylic acids is 1. The molecule has 0 aromatic heterocycles. The van der Waals surface area contributed by atoms with Crippen LogP contribution in [0.15, 0.2) is 12.1 Å². The van der Waals surface area contributed by atoms with E-state index < -0.39 is 5.24 Å². The van der Waals surface area contributed by atoms with Gasteiger partial charge in [-0.2, -0.15) is 5.26 Å². The Kier molecular flexibility index (Phi) is 3.10. The van der Waals surface area contributed by atoms with Crippen LogP contribution in [0.2, 0.25) is 0 Å². The zero-order chi connectivity index (χ0) is 10.7. The molecule has 0 N–H and O–H groups in total. The summed E-state index contributed by atoms with van der Waals surface area (Å²) in [6.07, 6.45) is 0. The Morgan fingerprint density at radius 1 is 1.57 bits per heavy atom. The molecule has 14 heavy (non-hydrogen) atoms. The Balaban J connectivity index is 3.44. The average Bonchev–Trinajstić information content (AvgIpc) is 2.16. The smallest absolute Gasteiger partial charge is 0.252 e. The molecule has 0 aliphatic heterocycles. The summed E-state index contributed by atoms with van der Waals surface area (Å²) in [6, 6.07) is 5.08. The Morgan fingerprint density at radius 3 is 2.64 bits per heavy atom. The summed E-state index contributed by atoms with van der Waals surface area (Å²) in [5.41, 5.74) is 1.23. The van der Waals surface area contributed by atoms with Crippen LogP contribution in [0.5, 0.6) is 5.75 Å². The first-order valence-electron chi connectivity index (χ1n) is 3.89. The van der Waals surface area contributed by atoms with Crippen LogP contribution in [0.3, 0.4) is 0 Å². The fourth-order valence-corrected chi connectivity index (χ4v) is 1.41. The molecule has 0 radical (unpaired) electrons. The second-order valence-electron chi connectivity index (χ2n) is 2.70. The normalized spacial score (nSPS) is 9.29. The molecule has 0 spiro atoms. The maximum atomic E-state index is 10.9. The van der Waals surface area contributed by atoms with E-state index in [2.05, 4.69) is 0 Å². The molecule has 1 rings (SSSR count). The Morgan fingerprint density at radius 2 is 2.21 bits per heavy atom. The zero-order valence-corrected chi connectivity index (χ0v) is 8.55. The third kappa shape index (κ3) is 1.70. The molecular formula is C10H8ClNO2. The Hall–Kier alpha value is -1.53. The molecule has 0 aliphatic rings. The molecular weight excluding hydrogens is 202 g/mol. The molecule has 0 heterocycles. The minimum Gasteiger partial charge on any atom is -0.495 e. The van der Waals surface area contributed by atoms with Gasteiger partial charge in [-0.15, -0.1) is 0 Å². The number of halogens is 1. The summed E-state index contributed by atoms with van der Waals surface area (Å²) in [4.78, 5) is 10.9. The van der Waals surface area contributed by atoms with Gasteiger partial charge in [0.25, 0.3) is 5.24 Å². The first-order valence-corrected chi connectivity index (χ1v) is 4.27. The van der Waals surface area contributed by atoms with Gasteiger partial charge in [-0.3, -0.25) is 4.79 Å². The standard InChI is InChI=1S/C10H8ClNO2/c1-6-7(10(11)13)3-4-9(14-2)8(6)5-12/h3-4H,1-2H3.